The molecule has 1 aromatic rings. The van der Waals surface area contributed by atoms with E-state index in [1.807, 2.05) is 16.8 Å². The van der Waals surface area contributed by atoms with Gasteiger partial charge in [0.15, 0.2) is 0 Å². The number of hydrogen-bond donors (Lipinski definition) is 2. The fourth-order valence-electron chi connectivity index (χ4n) is 2.97. The fourth-order valence-corrected chi connectivity index (χ4v) is 3.43. The van der Waals surface area contributed by atoms with E-state index in [1.54, 1.807) is 0 Å². The first-order chi connectivity index (χ1) is 9.60. The zero-order valence-electron chi connectivity index (χ0n) is 12.0. The molecule has 1 saturated carbocycles. The van der Waals surface area contributed by atoms with Gasteiger partial charge in [-0.25, -0.2) is 0 Å². The van der Waals surface area contributed by atoms with E-state index < -0.39 is 0 Å². The van der Waals surface area contributed by atoms with E-state index in [1.165, 1.54) is 0 Å². The number of nitrogens with zero attached hydrogens (tertiary/aromatic N) is 1. The van der Waals surface area contributed by atoms with Gasteiger partial charge in [0, 0.05) is 29.2 Å². The van der Waals surface area contributed by atoms with Gasteiger partial charge in [-0.05, 0) is 41.3 Å². The van der Waals surface area contributed by atoms with Crippen LogP contribution in [0.15, 0.2) is 16.7 Å². The van der Waals surface area contributed by atoms with Crippen LogP contribution in [0.4, 0.5) is 0 Å². The molecule has 0 bridgehead atoms. The number of rotatable bonds is 6. The SMILES string of the molecule is CCCn1cc(Br)cc1C(=O)NCC1(CO)CCCC1. The molecule has 0 radical (unpaired) electrons. The summed E-state index contributed by atoms with van der Waals surface area (Å²) in [7, 11) is 0. The molecule has 0 aliphatic heterocycles. The summed E-state index contributed by atoms with van der Waals surface area (Å²) in [6, 6.07) is 1.85. The summed E-state index contributed by atoms with van der Waals surface area (Å²) in [6.07, 6.45) is 7.23. The lowest BCUT2D eigenvalue weighted by Gasteiger charge is -2.26. The first-order valence-corrected chi connectivity index (χ1v) is 8.14. The Kier molecular flexibility index (Phi) is 5.27. The van der Waals surface area contributed by atoms with E-state index in [9.17, 15) is 9.90 Å². The number of aryl methyl sites for hydroxylation is 1. The molecule has 0 atom stereocenters. The van der Waals surface area contributed by atoms with Crippen molar-refractivity contribution < 1.29 is 9.90 Å². The lowest BCUT2D eigenvalue weighted by atomic mass is 9.87. The number of carbonyl (C=O) groups is 1. The van der Waals surface area contributed by atoms with Crippen molar-refractivity contribution >= 4 is 21.8 Å². The lowest BCUT2D eigenvalue weighted by Crippen LogP contribution is -2.38. The molecule has 0 saturated heterocycles. The maximum Gasteiger partial charge on any atom is 0.267 e. The van der Waals surface area contributed by atoms with Gasteiger partial charge in [0.2, 0.25) is 0 Å². The number of carbonyl (C=O) groups excluding carboxylic acids is 1. The van der Waals surface area contributed by atoms with Crippen LogP contribution in [0.1, 0.15) is 49.5 Å². The molecule has 2 rings (SSSR count). The fraction of sp³-hybridized carbons (Fsp3) is 0.667. The second-order valence-corrected chi connectivity index (χ2v) is 6.70. The summed E-state index contributed by atoms with van der Waals surface area (Å²) in [4.78, 5) is 12.3. The second kappa shape index (κ2) is 6.76. The van der Waals surface area contributed by atoms with E-state index in [0.29, 0.717) is 12.2 Å². The summed E-state index contributed by atoms with van der Waals surface area (Å²) in [6.45, 7) is 3.65. The molecule has 20 heavy (non-hydrogen) atoms. The van der Waals surface area contributed by atoms with E-state index in [4.69, 9.17) is 0 Å². The zero-order valence-corrected chi connectivity index (χ0v) is 13.6. The summed E-state index contributed by atoms with van der Waals surface area (Å²) in [5, 5.41) is 12.6. The number of aliphatic hydroxyl groups excluding tert-OH is 1. The Labute approximate surface area is 128 Å². The zero-order chi connectivity index (χ0) is 14.6. The number of aliphatic hydroxyl groups is 1. The topological polar surface area (TPSA) is 54.3 Å². The van der Waals surface area contributed by atoms with Crippen molar-refractivity contribution in [2.45, 2.75) is 45.6 Å². The standard InChI is InChI=1S/C15H23BrN2O2/c1-2-7-18-9-12(16)8-13(18)14(20)17-10-15(11-19)5-3-4-6-15/h8-9,19H,2-7,10-11H2,1H3,(H,17,20). The Hall–Kier alpha value is -0.810. The number of nitrogens with one attached hydrogen (secondary N) is 1. The van der Waals surface area contributed by atoms with Crippen LogP contribution in [0, 0.1) is 5.41 Å². The summed E-state index contributed by atoms with van der Waals surface area (Å²) >= 11 is 3.42. The van der Waals surface area contributed by atoms with E-state index in [2.05, 4.69) is 28.2 Å². The predicted octanol–water partition coefficient (Wildman–Crippen LogP) is 2.94. The first-order valence-electron chi connectivity index (χ1n) is 7.35. The van der Waals surface area contributed by atoms with Gasteiger partial charge in [-0.3, -0.25) is 4.79 Å². The van der Waals surface area contributed by atoms with E-state index in [0.717, 1.165) is 43.1 Å². The highest BCUT2D eigenvalue weighted by Gasteiger charge is 2.33. The summed E-state index contributed by atoms with van der Waals surface area (Å²) in [5.41, 5.74) is 0.583. The molecular weight excluding hydrogens is 320 g/mol. The van der Waals surface area contributed by atoms with Gasteiger partial charge in [-0.1, -0.05) is 19.8 Å². The molecular formula is C15H23BrN2O2. The van der Waals surface area contributed by atoms with Gasteiger partial charge in [0.25, 0.3) is 5.91 Å². The number of halogens is 1. The van der Waals surface area contributed by atoms with Crippen molar-refractivity contribution in [2.24, 2.45) is 5.41 Å². The van der Waals surface area contributed by atoms with E-state index in [-0.39, 0.29) is 17.9 Å². The van der Waals surface area contributed by atoms with Crippen LogP contribution >= 0.6 is 15.9 Å². The van der Waals surface area contributed by atoms with Gasteiger partial charge in [0.1, 0.15) is 5.69 Å². The molecule has 1 amide bonds. The molecule has 0 aromatic carbocycles. The van der Waals surface area contributed by atoms with Gasteiger partial charge in [-0.15, -0.1) is 0 Å². The molecule has 1 fully saturated rings. The Morgan fingerprint density at radius 2 is 2.20 bits per heavy atom. The number of amides is 1. The van der Waals surface area contributed by atoms with Crippen LogP contribution in [-0.4, -0.2) is 28.7 Å². The minimum atomic E-state index is -0.102. The third-order valence-electron chi connectivity index (χ3n) is 4.18. The first kappa shape index (κ1) is 15.6. The van der Waals surface area contributed by atoms with Crippen molar-refractivity contribution in [3.8, 4) is 0 Å². The van der Waals surface area contributed by atoms with Crippen LogP contribution in [0.5, 0.6) is 0 Å². The molecule has 1 aliphatic rings. The smallest absolute Gasteiger partial charge is 0.267 e. The van der Waals surface area contributed by atoms with Gasteiger partial charge in [-0.2, -0.15) is 0 Å². The third kappa shape index (κ3) is 3.44. The van der Waals surface area contributed by atoms with Gasteiger partial charge >= 0.3 is 0 Å². The Morgan fingerprint density at radius 1 is 1.50 bits per heavy atom. The molecule has 0 unspecified atom stereocenters. The molecule has 4 nitrogen and oxygen atoms in total. The van der Waals surface area contributed by atoms with E-state index >= 15 is 0 Å². The van der Waals surface area contributed by atoms with Crippen molar-refractivity contribution in [3.63, 3.8) is 0 Å². The second-order valence-electron chi connectivity index (χ2n) is 5.78. The van der Waals surface area contributed by atoms with Gasteiger partial charge in [0.05, 0.1) is 6.61 Å². The maximum absolute atomic E-state index is 12.3. The molecule has 1 aliphatic carbocycles. The van der Waals surface area contributed by atoms with Crippen molar-refractivity contribution in [3.05, 3.63) is 22.4 Å². The molecule has 5 heteroatoms. The van der Waals surface area contributed by atoms with Gasteiger partial charge < -0.3 is 15.0 Å². The molecule has 1 heterocycles. The highest BCUT2D eigenvalue weighted by Crippen LogP contribution is 2.36. The van der Waals surface area contributed by atoms with Crippen molar-refractivity contribution in [1.29, 1.82) is 0 Å². The quantitative estimate of drug-likeness (QED) is 0.834. The highest BCUT2D eigenvalue weighted by atomic mass is 79.9. The third-order valence-corrected chi connectivity index (χ3v) is 4.62. The number of aromatic nitrogens is 1. The van der Waals surface area contributed by atoms with Crippen LogP contribution in [-0.2, 0) is 6.54 Å². The molecule has 0 spiro atoms. The Bertz CT molecular complexity index is 464. The summed E-state index contributed by atoms with van der Waals surface area (Å²) in [5.74, 6) is -0.0520. The minimum absolute atomic E-state index is 0.0520. The minimum Gasteiger partial charge on any atom is -0.396 e. The average Bonchev–Trinajstić information content (AvgIpc) is 3.04. The van der Waals surface area contributed by atoms with Crippen LogP contribution in [0.2, 0.25) is 0 Å². The number of hydrogen-bond acceptors (Lipinski definition) is 2. The Morgan fingerprint density at radius 3 is 2.80 bits per heavy atom. The van der Waals surface area contributed by atoms with Crippen LogP contribution < -0.4 is 5.32 Å². The van der Waals surface area contributed by atoms with Crippen LogP contribution in [0.3, 0.4) is 0 Å². The predicted molar refractivity (Wildman–Crippen MR) is 82.7 cm³/mol. The highest BCUT2D eigenvalue weighted by molar-refractivity contribution is 9.10. The Balaban J connectivity index is 2.01. The lowest BCUT2D eigenvalue weighted by molar-refractivity contribution is 0.0872. The normalized spacial score (nSPS) is 17.4. The maximum atomic E-state index is 12.3. The largest absolute Gasteiger partial charge is 0.396 e. The molecule has 2 N–H and O–H groups in total. The average molecular weight is 343 g/mol. The van der Waals surface area contributed by atoms with Crippen LogP contribution in [0.25, 0.3) is 0 Å². The van der Waals surface area contributed by atoms with Crippen molar-refractivity contribution in [1.82, 2.24) is 9.88 Å². The summed E-state index contributed by atoms with van der Waals surface area (Å²) < 4.78 is 2.90. The van der Waals surface area contributed by atoms with Crippen molar-refractivity contribution in [2.75, 3.05) is 13.2 Å². The monoisotopic (exact) mass is 342 g/mol. The molecule has 112 valence electrons. The molecule has 1 aromatic heterocycles.